The SMILES string of the molecule is CC(C)c1ccc(C(O)(C(F)(F)F)C(F)(F)F)cc1F. The molecule has 0 heterocycles. The molecule has 0 aromatic heterocycles. The summed E-state index contributed by atoms with van der Waals surface area (Å²) in [6.07, 6.45) is -12.0. The molecule has 0 aliphatic rings. The first-order valence-corrected chi connectivity index (χ1v) is 5.48. The summed E-state index contributed by atoms with van der Waals surface area (Å²) in [5, 5.41) is 9.09. The summed E-state index contributed by atoms with van der Waals surface area (Å²) < 4.78 is 89.1. The Morgan fingerprint density at radius 3 is 1.70 bits per heavy atom. The van der Waals surface area contributed by atoms with Crippen molar-refractivity contribution in [1.29, 1.82) is 0 Å². The van der Waals surface area contributed by atoms with E-state index in [0.717, 1.165) is 6.07 Å². The predicted octanol–water partition coefficient (Wildman–Crippen LogP) is 4.26. The molecule has 0 unspecified atom stereocenters. The van der Waals surface area contributed by atoms with Crippen LogP contribution >= 0.6 is 0 Å². The molecule has 0 radical (unpaired) electrons. The number of benzene rings is 1. The minimum atomic E-state index is -6.02. The summed E-state index contributed by atoms with van der Waals surface area (Å²) in [6, 6.07) is 1.30. The molecular weight excluding hydrogens is 293 g/mol. The molecule has 114 valence electrons. The van der Waals surface area contributed by atoms with Crippen molar-refractivity contribution in [2.45, 2.75) is 37.7 Å². The van der Waals surface area contributed by atoms with Crippen LogP contribution in [0.5, 0.6) is 0 Å². The van der Waals surface area contributed by atoms with Gasteiger partial charge in [-0.1, -0.05) is 26.0 Å². The van der Waals surface area contributed by atoms with Gasteiger partial charge in [0.1, 0.15) is 5.82 Å². The van der Waals surface area contributed by atoms with Gasteiger partial charge >= 0.3 is 12.4 Å². The molecule has 0 saturated carbocycles. The van der Waals surface area contributed by atoms with Crippen LogP contribution in [0.3, 0.4) is 0 Å². The van der Waals surface area contributed by atoms with E-state index in [-0.39, 0.29) is 11.6 Å². The van der Waals surface area contributed by atoms with Gasteiger partial charge in [0.25, 0.3) is 5.60 Å². The summed E-state index contributed by atoms with van der Waals surface area (Å²) >= 11 is 0. The molecular formula is C12H11F7O. The lowest BCUT2D eigenvalue weighted by Crippen LogP contribution is -2.54. The first kappa shape index (κ1) is 16.7. The molecule has 1 aromatic carbocycles. The maximum absolute atomic E-state index is 13.6. The molecule has 0 bridgehead atoms. The zero-order valence-electron chi connectivity index (χ0n) is 10.4. The highest BCUT2D eigenvalue weighted by molar-refractivity contribution is 5.32. The van der Waals surface area contributed by atoms with E-state index in [0.29, 0.717) is 6.07 Å². The fourth-order valence-electron chi connectivity index (χ4n) is 1.71. The lowest BCUT2D eigenvalue weighted by molar-refractivity contribution is -0.376. The van der Waals surface area contributed by atoms with Gasteiger partial charge in [0.2, 0.25) is 0 Å². The van der Waals surface area contributed by atoms with Crippen LogP contribution in [0.15, 0.2) is 18.2 Å². The minimum Gasteiger partial charge on any atom is -0.369 e. The topological polar surface area (TPSA) is 20.2 Å². The van der Waals surface area contributed by atoms with Gasteiger partial charge in [-0.15, -0.1) is 0 Å². The molecule has 1 aromatic rings. The Morgan fingerprint density at radius 1 is 0.950 bits per heavy atom. The van der Waals surface area contributed by atoms with E-state index in [1.807, 2.05) is 0 Å². The van der Waals surface area contributed by atoms with Crippen molar-refractivity contribution in [2.75, 3.05) is 0 Å². The highest BCUT2D eigenvalue weighted by Crippen LogP contribution is 2.50. The van der Waals surface area contributed by atoms with Crippen LogP contribution in [-0.2, 0) is 5.60 Å². The van der Waals surface area contributed by atoms with Crippen LogP contribution in [0.4, 0.5) is 30.7 Å². The Kier molecular flexibility index (Phi) is 4.11. The summed E-state index contributed by atoms with van der Waals surface area (Å²) in [5.74, 6) is -1.65. The van der Waals surface area contributed by atoms with Gasteiger partial charge < -0.3 is 5.11 Å². The van der Waals surface area contributed by atoms with Crippen molar-refractivity contribution in [2.24, 2.45) is 0 Å². The van der Waals surface area contributed by atoms with Gasteiger partial charge in [-0.05, 0) is 17.5 Å². The molecule has 1 nitrogen and oxygen atoms in total. The van der Waals surface area contributed by atoms with Gasteiger partial charge in [-0.3, -0.25) is 0 Å². The van der Waals surface area contributed by atoms with Crippen molar-refractivity contribution in [1.82, 2.24) is 0 Å². The van der Waals surface area contributed by atoms with E-state index < -0.39 is 35.3 Å². The van der Waals surface area contributed by atoms with Crippen LogP contribution in [0.1, 0.15) is 30.9 Å². The maximum atomic E-state index is 13.6. The lowest BCUT2D eigenvalue weighted by atomic mass is 9.90. The highest BCUT2D eigenvalue weighted by atomic mass is 19.4. The molecule has 0 amide bonds. The molecule has 20 heavy (non-hydrogen) atoms. The van der Waals surface area contributed by atoms with Crippen molar-refractivity contribution >= 4 is 0 Å². The average molecular weight is 304 g/mol. The average Bonchev–Trinajstić information content (AvgIpc) is 2.24. The van der Waals surface area contributed by atoms with Crippen molar-refractivity contribution in [3.63, 3.8) is 0 Å². The summed E-state index contributed by atoms with van der Waals surface area (Å²) in [4.78, 5) is 0. The van der Waals surface area contributed by atoms with Crippen molar-refractivity contribution in [3.8, 4) is 0 Å². The fourth-order valence-corrected chi connectivity index (χ4v) is 1.71. The Bertz CT molecular complexity index is 474. The van der Waals surface area contributed by atoms with Crippen molar-refractivity contribution in [3.05, 3.63) is 35.1 Å². The largest absolute Gasteiger partial charge is 0.430 e. The number of alkyl halides is 6. The monoisotopic (exact) mass is 304 g/mol. The van der Waals surface area contributed by atoms with Crippen LogP contribution < -0.4 is 0 Å². The summed E-state index contributed by atoms with van der Waals surface area (Å²) in [5.41, 5.74) is -6.74. The highest BCUT2D eigenvalue weighted by Gasteiger charge is 2.71. The normalized spacial score (nSPS) is 13.9. The molecule has 0 saturated heterocycles. The zero-order chi connectivity index (χ0) is 15.9. The van der Waals surface area contributed by atoms with E-state index in [1.54, 1.807) is 0 Å². The van der Waals surface area contributed by atoms with Crippen LogP contribution in [-0.4, -0.2) is 17.5 Å². The lowest BCUT2D eigenvalue weighted by Gasteiger charge is -2.32. The number of hydrogen-bond acceptors (Lipinski definition) is 1. The number of hydrogen-bond donors (Lipinski definition) is 1. The van der Waals surface area contributed by atoms with Crippen LogP contribution in [0.25, 0.3) is 0 Å². The smallest absolute Gasteiger partial charge is 0.369 e. The van der Waals surface area contributed by atoms with E-state index in [9.17, 15) is 30.7 Å². The maximum Gasteiger partial charge on any atom is 0.430 e. The second kappa shape index (κ2) is 4.91. The summed E-state index contributed by atoms with van der Waals surface area (Å²) in [6.45, 7) is 3.05. The van der Waals surface area contributed by atoms with Crippen LogP contribution in [0, 0.1) is 5.82 Å². The molecule has 0 atom stereocenters. The van der Waals surface area contributed by atoms with Gasteiger partial charge in [-0.25, -0.2) is 4.39 Å². The van der Waals surface area contributed by atoms with Gasteiger partial charge in [0.15, 0.2) is 0 Å². The molecule has 0 aliphatic carbocycles. The first-order chi connectivity index (χ1) is 8.82. The van der Waals surface area contributed by atoms with E-state index in [1.165, 1.54) is 13.8 Å². The second-order valence-corrected chi connectivity index (χ2v) is 4.60. The van der Waals surface area contributed by atoms with Gasteiger partial charge in [0.05, 0.1) is 0 Å². The standard InChI is InChI=1S/C12H11F7O/c1-6(2)8-4-3-7(5-9(8)13)10(20,11(14,15)16)12(17,18)19/h3-6,20H,1-2H3. The molecule has 0 aliphatic heterocycles. The Morgan fingerprint density at radius 2 is 1.40 bits per heavy atom. The number of rotatable bonds is 2. The fraction of sp³-hybridized carbons (Fsp3) is 0.500. The Hall–Kier alpha value is -1.31. The molecule has 8 heteroatoms. The van der Waals surface area contributed by atoms with E-state index in [4.69, 9.17) is 5.11 Å². The third-order valence-corrected chi connectivity index (χ3v) is 2.86. The molecule has 1 rings (SSSR count). The zero-order valence-corrected chi connectivity index (χ0v) is 10.4. The summed E-state index contributed by atoms with van der Waals surface area (Å²) in [7, 11) is 0. The van der Waals surface area contributed by atoms with Crippen molar-refractivity contribution < 1.29 is 35.8 Å². The molecule has 0 fully saturated rings. The number of halogens is 7. The minimum absolute atomic E-state index is 0.0413. The molecule has 0 spiro atoms. The third kappa shape index (κ3) is 2.61. The Balaban J connectivity index is 3.50. The third-order valence-electron chi connectivity index (χ3n) is 2.86. The predicted molar refractivity (Wildman–Crippen MR) is 56.5 cm³/mol. The van der Waals surface area contributed by atoms with E-state index >= 15 is 0 Å². The van der Waals surface area contributed by atoms with Gasteiger partial charge in [-0.2, -0.15) is 26.3 Å². The second-order valence-electron chi connectivity index (χ2n) is 4.60. The quantitative estimate of drug-likeness (QED) is 0.809. The van der Waals surface area contributed by atoms with Crippen LogP contribution in [0.2, 0.25) is 0 Å². The first-order valence-electron chi connectivity index (χ1n) is 5.48. The Labute approximate surface area is 110 Å². The number of aliphatic hydroxyl groups is 1. The van der Waals surface area contributed by atoms with E-state index in [2.05, 4.69) is 0 Å². The molecule has 1 N–H and O–H groups in total. The van der Waals surface area contributed by atoms with Gasteiger partial charge in [0, 0.05) is 5.56 Å².